The second-order valence-corrected chi connectivity index (χ2v) is 2.90. The summed E-state index contributed by atoms with van der Waals surface area (Å²) in [5, 5.41) is 3.28. The second kappa shape index (κ2) is 4.91. The molecule has 1 heterocycles. The Hall–Kier alpha value is 0.180. The summed E-state index contributed by atoms with van der Waals surface area (Å²) in [5.74, 6) is 0.334. The van der Waals surface area contributed by atoms with Crippen molar-refractivity contribution in [2.45, 2.75) is 25.8 Å². The Morgan fingerprint density at radius 1 is 1.60 bits per heavy atom. The molecule has 0 aliphatic carbocycles. The maximum absolute atomic E-state index is 12.0. The van der Waals surface area contributed by atoms with E-state index in [-0.39, 0.29) is 19.1 Å². The maximum atomic E-state index is 12.0. The van der Waals surface area contributed by atoms with Crippen LogP contribution in [-0.4, -0.2) is 19.3 Å². The first-order chi connectivity index (χ1) is 4.33. The predicted molar refractivity (Wildman–Crippen MR) is 43.4 cm³/mol. The minimum Gasteiger partial charge on any atom is -0.314 e. The molecule has 1 N–H and O–H groups in total. The van der Waals surface area contributed by atoms with Gasteiger partial charge in [-0.3, -0.25) is 4.39 Å². The van der Waals surface area contributed by atoms with Gasteiger partial charge in [0.2, 0.25) is 0 Å². The molecule has 3 heteroatoms. The summed E-state index contributed by atoms with van der Waals surface area (Å²) >= 11 is 0. The van der Waals surface area contributed by atoms with Gasteiger partial charge in [-0.15, -0.1) is 12.4 Å². The molecule has 1 aliphatic rings. The standard InChI is InChI=1S/C7H14FN.ClH/c1-6-4-7(5-8)2-3-9-6;/h6-7,9H,2-5H2,1H3;1H. The molecular formula is C7H15ClFN. The molecule has 1 rings (SSSR count). The van der Waals surface area contributed by atoms with Crippen LogP contribution in [0, 0.1) is 5.92 Å². The molecule has 1 saturated heterocycles. The lowest BCUT2D eigenvalue weighted by atomic mass is 9.95. The number of hydrogen-bond acceptors (Lipinski definition) is 1. The Morgan fingerprint density at radius 2 is 2.30 bits per heavy atom. The zero-order valence-electron chi connectivity index (χ0n) is 6.27. The molecule has 0 bridgehead atoms. The van der Waals surface area contributed by atoms with Crippen LogP contribution < -0.4 is 5.32 Å². The van der Waals surface area contributed by atoms with Gasteiger partial charge in [-0.25, -0.2) is 0 Å². The van der Waals surface area contributed by atoms with Crippen LogP contribution in [0.2, 0.25) is 0 Å². The summed E-state index contributed by atoms with van der Waals surface area (Å²) in [5.41, 5.74) is 0. The summed E-state index contributed by atoms with van der Waals surface area (Å²) in [7, 11) is 0. The lowest BCUT2D eigenvalue weighted by molar-refractivity contribution is 0.257. The van der Waals surface area contributed by atoms with Crippen molar-refractivity contribution in [3.05, 3.63) is 0 Å². The molecule has 0 radical (unpaired) electrons. The van der Waals surface area contributed by atoms with E-state index >= 15 is 0 Å². The minimum absolute atomic E-state index is 0. The van der Waals surface area contributed by atoms with Crippen molar-refractivity contribution in [1.82, 2.24) is 5.32 Å². The number of piperidine rings is 1. The summed E-state index contributed by atoms with van der Waals surface area (Å²) in [6.07, 6.45) is 2.03. The quantitative estimate of drug-likeness (QED) is 0.628. The van der Waals surface area contributed by atoms with Gasteiger partial charge < -0.3 is 5.32 Å². The van der Waals surface area contributed by atoms with E-state index in [0.29, 0.717) is 12.0 Å². The monoisotopic (exact) mass is 167 g/mol. The van der Waals surface area contributed by atoms with Gasteiger partial charge >= 0.3 is 0 Å². The van der Waals surface area contributed by atoms with Gasteiger partial charge in [0.15, 0.2) is 0 Å². The number of alkyl halides is 1. The lowest BCUT2D eigenvalue weighted by Gasteiger charge is -2.25. The van der Waals surface area contributed by atoms with E-state index in [1.165, 1.54) is 0 Å². The molecule has 0 aromatic rings. The van der Waals surface area contributed by atoms with Crippen LogP contribution in [-0.2, 0) is 0 Å². The van der Waals surface area contributed by atoms with Gasteiger partial charge in [0.25, 0.3) is 0 Å². The van der Waals surface area contributed by atoms with Gasteiger partial charge in [-0.1, -0.05) is 0 Å². The van der Waals surface area contributed by atoms with Crippen molar-refractivity contribution < 1.29 is 4.39 Å². The molecule has 62 valence electrons. The summed E-state index contributed by atoms with van der Waals surface area (Å²) in [4.78, 5) is 0. The number of hydrogen-bond donors (Lipinski definition) is 1. The van der Waals surface area contributed by atoms with Gasteiger partial charge in [0.05, 0.1) is 6.67 Å². The Labute approximate surface area is 67.8 Å². The average Bonchev–Trinajstić information content (AvgIpc) is 1.88. The summed E-state index contributed by atoms with van der Waals surface area (Å²) in [6, 6.07) is 0.527. The van der Waals surface area contributed by atoms with E-state index in [1.807, 2.05) is 0 Å². The molecule has 0 saturated carbocycles. The molecule has 0 spiro atoms. The van der Waals surface area contributed by atoms with Crippen LogP contribution in [0.25, 0.3) is 0 Å². The minimum atomic E-state index is -0.133. The van der Waals surface area contributed by atoms with Crippen molar-refractivity contribution in [1.29, 1.82) is 0 Å². The van der Waals surface area contributed by atoms with Crippen LogP contribution in [0.1, 0.15) is 19.8 Å². The molecule has 1 aliphatic heterocycles. The third-order valence-electron chi connectivity index (χ3n) is 1.95. The molecular weight excluding hydrogens is 153 g/mol. The Balaban J connectivity index is 0.000000810. The number of halogens is 2. The van der Waals surface area contributed by atoms with Crippen molar-refractivity contribution in [2.75, 3.05) is 13.2 Å². The Kier molecular flexibility index (Phi) is 5.00. The normalized spacial score (nSPS) is 33.0. The Morgan fingerprint density at radius 3 is 2.70 bits per heavy atom. The molecule has 0 aromatic carbocycles. The summed E-state index contributed by atoms with van der Waals surface area (Å²) in [6.45, 7) is 2.98. The zero-order chi connectivity index (χ0) is 6.69. The fraction of sp³-hybridized carbons (Fsp3) is 1.00. The van der Waals surface area contributed by atoms with Crippen LogP contribution in [0.3, 0.4) is 0 Å². The smallest absolute Gasteiger partial charge is 0.0923 e. The summed E-state index contributed by atoms with van der Waals surface area (Å²) < 4.78 is 12.0. The van der Waals surface area contributed by atoms with Crippen molar-refractivity contribution in [2.24, 2.45) is 5.92 Å². The van der Waals surface area contributed by atoms with E-state index in [0.717, 1.165) is 19.4 Å². The molecule has 1 fully saturated rings. The van der Waals surface area contributed by atoms with Crippen LogP contribution in [0.15, 0.2) is 0 Å². The fourth-order valence-electron chi connectivity index (χ4n) is 1.38. The molecule has 10 heavy (non-hydrogen) atoms. The van der Waals surface area contributed by atoms with Gasteiger partial charge in [-0.2, -0.15) is 0 Å². The highest BCUT2D eigenvalue weighted by Crippen LogP contribution is 2.15. The molecule has 1 nitrogen and oxygen atoms in total. The number of nitrogens with one attached hydrogen (secondary N) is 1. The molecule has 0 aromatic heterocycles. The maximum Gasteiger partial charge on any atom is 0.0923 e. The number of rotatable bonds is 1. The molecule has 2 atom stereocenters. The van der Waals surface area contributed by atoms with E-state index in [4.69, 9.17) is 0 Å². The zero-order valence-corrected chi connectivity index (χ0v) is 7.09. The first kappa shape index (κ1) is 10.2. The first-order valence-electron chi connectivity index (χ1n) is 3.62. The highest BCUT2D eigenvalue weighted by molar-refractivity contribution is 5.85. The third kappa shape index (κ3) is 2.84. The van der Waals surface area contributed by atoms with Crippen molar-refractivity contribution in [3.63, 3.8) is 0 Å². The van der Waals surface area contributed by atoms with Crippen LogP contribution in [0.4, 0.5) is 4.39 Å². The Bertz CT molecular complexity index is 89.7. The largest absolute Gasteiger partial charge is 0.314 e. The van der Waals surface area contributed by atoms with Crippen molar-refractivity contribution >= 4 is 12.4 Å². The van der Waals surface area contributed by atoms with E-state index < -0.39 is 0 Å². The predicted octanol–water partition coefficient (Wildman–Crippen LogP) is 1.77. The topological polar surface area (TPSA) is 12.0 Å². The van der Waals surface area contributed by atoms with E-state index in [2.05, 4.69) is 12.2 Å². The van der Waals surface area contributed by atoms with Crippen molar-refractivity contribution in [3.8, 4) is 0 Å². The highest BCUT2D eigenvalue weighted by atomic mass is 35.5. The van der Waals surface area contributed by atoms with Crippen LogP contribution in [0.5, 0.6) is 0 Å². The van der Waals surface area contributed by atoms with Gasteiger partial charge in [0, 0.05) is 6.04 Å². The first-order valence-corrected chi connectivity index (χ1v) is 3.62. The fourth-order valence-corrected chi connectivity index (χ4v) is 1.38. The van der Waals surface area contributed by atoms with E-state index in [1.54, 1.807) is 0 Å². The average molecular weight is 168 g/mol. The van der Waals surface area contributed by atoms with Gasteiger partial charge in [0.1, 0.15) is 0 Å². The van der Waals surface area contributed by atoms with Gasteiger partial charge in [-0.05, 0) is 32.2 Å². The molecule has 0 amide bonds. The SMILES string of the molecule is CC1CC(CF)CCN1.Cl. The molecule has 2 unspecified atom stereocenters. The van der Waals surface area contributed by atoms with E-state index in [9.17, 15) is 4.39 Å². The highest BCUT2D eigenvalue weighted by Gasteiger charge is 2.17. The lowest BCUT2D eigenvalue weighted by Crippen LogP contribution is -2.36. The third-order valence-corrected chi connectivity index (χ3v) is 1.95. The van der Waals surface area contributed by atoms with Crippen LogP contribution >= 0.6 is 12.4 Å². The second-order valence-electron chi connectivity index (χ2n) is 2.90.